The minimum absolute atomic E-state index is 0.585. The Balaban J connectivity index is 1.06. The number of furan rings is 1. The summed E-state index contributed by atoms with van der Waals surface area (Å²) in [7, 11) is 0. The standard InChI is InChI=1S/C57H37N3O/c1-5-15-38(16-6-1)41-27-29-43(30-28-41)56-58-55(42-21-11-4-12-22-42)59-57(60-56)50-25-14-26-53-54(50)51-37-46(31-32-52(51)61-53)49-35-47(40-19-9-3-10-20-40)34-48(36-49)45-24-13-23-44(33-45)39-17-7-2-8-18-39/h1-37H. The van der Waals surface area contributed by atoms with Gasteiger partial charge in [-0.15, -0.1) is 0 Å². The van der Waals surface area contributed by atoms with Crippen molar-refractivity contribution in [2.24, 2.45) is 0 Å². The molecule has 286 valence electrons. The molecule has 11 aromatic rings. The second-order valence-electron chi connectivity index (χ2n) is 15.2. The van der Waals surface area contributed by atoms with E-state index < -0.39 is 0 Å². The van der Waals surface area contributed by atoms with E-state index in [1.54, 1.807) is 0 Å². The van der Waals surface area contributed by atoms with Gasteiger partial charge < -0.3 is 4.42 Å². The maximum atomic E-state index is 6.56. The molecule has 0 unspecified atom stereocenters. The molecule has 9 aromatic carbocycles. The van der Waals surface area contributed by atoms with E-state index in [-0.39, 0.29) is 0 Å². The molecule has 61 heavy (non-hydrogen) atoms. The van der Waals surface area contributed by atoms with Gasteiger partial charge in [0.15, 0.2) is 17.5 Å². The molecule has 0 bridgehead atoms. The summed E-state index contributed by atoms with van der Waals surface area (Å²) in [6.45, 7) is 0. The first-order chi connectivity index (χ1) is 30.2. The monoisotopic (exact) mass is 779 g/mol. The largest absolute Gasteiger partial charge is 0.456 e. The Morgan fingerprint density at radius 1 is 0.246 bits per heavy atom. The Hall–Kier alpha value is -8.21. The van der Waals surface area contributed by atoms with Crippen molar-refractivity contribution < 1.29 is 4.42 Å². The molecular weight excluding hydrogens is 743 g/mol. The minimum atomic E-state index is 0.585. The van der Waals surface area contributed by atoms with Crippen LogP contribution in [0, 0.1) is 0 Å². The molecule has 0 fully saturated rings. The molecule has 0 saturated carbocycles. The van der Waals surface area contributed by atoms with Crippen molar-refractivity contribution in [1.82, 2.24) is 15.0 Å². The van der Waals surface area contributed by atoms with Gasteiger partial charge in [0.1, 0.15) is 11.2 Å². The molecule has 0 aliphatic carbocycles. The molecule has 2 heterocycles. The predicted molar refractivity (Wildman–Crippen MR) is 251 cm³/mol. The van der Waals surface area contributed by atoms with Crippen LogP contribution < -0.4 is 0 Å². The van der Waals surface area contributed by atoms with Crippen molar-refractivity contribution in [2.75, 3.05) is 0 Å². The highest BCUT2D eigenvalue weighted by atomic mass is 16.3. The molecule has 0 radical (unpaired) electrons. The summed E-state index contributed by atoms with van der Waals surface area (Å²) in [6, 6.07) is 78.4. The van der Waals surface area contributed by atoms with Crippen molar-refractivity contribution in [2.45, 2.75) is 0 Å². The van der Waals surface area contributed by atoms with Crippen LogP contribution >= 0.6 is 0 Å². The quantitative estimate of drug-likeness (QED) is 0.154. The molecule has 0 spiro atoms. The van der Waals surface area contributed by atoms with E-state index in [9.17, 15) is 0 Å². The number of nitrogens with zero attached hydrogens (tertiary/aromatic N) is 3. The lowest BCUT2D eigenvalue weighted by Gasteiger charge is -2.13. The van der Waals surface area contributed by atoms with Crippen molar-refractivity contribution in [3.8, 4) is 89.8 Å². The van der Waals surface area contributed by atoms with Crippen molar-refractivity contribution in [1.29, 1.82) is 0 Å². The van der Waals surface area contributed by atoms with Crippen LogP contribution in [0.3, 0.4) is 0 Å². The smallest absolute Gasteiger partial charge is 0.164 e. The molecule has 2 aromatic heterocycles. The van der Waals surface area contributed by atoms with Crippen LogP contribution in [0.2, 0.25) is 0 Å². The molecule has 0 aliphatic heterocycles. The summed E-state index contributed by atoms with van der Waals surface area (Å²) >= 11 is 0. The van der Waals surface area contributed by atoms with Gasteiger partial charge in [-0.2, -0.15) is 0 Å². The Morgan fingerprint density at radius 2 is 0.623 bits per heavy atom. The summed E-state index contributed by atoms with van der Waals surface area (Å²) in [5, 5.41) is 1.96. The van der Waals surface area contributed by atoms with E-state index in [2.05, 4.69) is 176 Å². The van der Waals surface area contributed by atoms with Gasteiger partial charge in [-0.25, -0.2) is 15.0 Å². The highest BCUT2D eigenvalue weighted by molar-refractivity contribution is 6.13. The number of hydrogen-bond donors (Lipinski definition) is 0. The van der Waals surface area contributed by atoms with Gasteiger partial charge in [0.25, 0.3) is 0 Å². The normalized spacial score (nSPS) is 11.3. The van der Waals surface area contributed by atoms with Crippen molar-refractivity contribution in [3.63, 3.8) is 0 Å². The second kappa shape index (κ2) is 15.5. The van der Waals surface area contributed by atoms with Crippen molar-refractivity contribution in [3.05, 3.63) is 224 Å². The fourth-order valence-electron chi connectivity index (χ4n) is 8.24. The molecule has 4 nitrogen and oxygen atoms in total. The van der Waals surface area contributed by atoms with E-state index in [0.29, 0.717) is 17.5 Å². The first kappa shape index (κ1) is 35.9. The third-order valence-electron chi connectivity index (χ3n) is 11.3. The third kappa shape index (κ3) is 7.07. The molecule has 0 saturated heterocycles. The maximum absolute atomic E-state index is 6.56. The summed E-state index contributed by atoms with van der Waals surface area (Å²) in [5.74, 6) is 1.80. The number of benzene rings is 9. The highest BCUT2D eigenvalue weighted by Crippen LogP contribution is 2.40. The first-order valence-electron chi connectivity index (χ1n) is 20.5. The minimum Gasteiger partial charge on any atom is -0.456 e. The average Bonchev–Trinajstić information content (AvgIpc) is 3.73. The number of fused-ring (bicyclic) bond motifs is 3. The first-order valence-corrected chi connectivity index (χ1v) is 20.5. The average molecular weight is 780 g/mol. The predicted octanol–water partition coefficient (Wildman–Crippen LogP) is 15.1. The maximum Gasteiger partial charge on any atom is 0.164 e. The number of hydrogen-bond acceptors (Lipinski definition) is 4. The van der Waals surface area contributed by atoms with E-state index in [4.69, 9.17) is 19.4 Å². The zero-order valence-corrected chi connectivity index (χ0v) is 33.1. The van der Waals surface area contributed by atoms with Gasteiger partial charge in [-0.3, -0.25) is 0 Å². The molecule has 0 amide bonds. The molecule has 0 N–H and O–H groups in total. The van der Waals surface area contributed by atoms with Crippen LogP contribution in [-0.4, -0.2) is 15.0 Å². The fourth-order valence-corrected chi connectivity index (χ4v) is 8.24. The Labute approximate surface area is 354 Å². The molecule has 0 atom stereocenters. The van der Waals surface area contributed by atoms with E-state index >= 15 is 0 Å². The topological polar surface area (TPSA) is 51.8 Å². The Morgan fingerprint density at radius 3 is 1.23 bits per heavy atom. The fraction of sp³-hybridized carbons (Fsp3) is 0. The summed E-state index contributed by atoms with van der Waals surface area (Å²) in [6.07, 6.45) is 0. The van der Waals surface area contributed by atoms with E-state index in [1.165, 1.54) is 11.1 Å². The lowest BCUT2D eigenvalue weighted by atomic mass is 9.91. The second-order valence-corrected chi connectivity index (χ2v) is 15.2. The van der Waals surface area contributed by atoms with Crippen LogP contribution in [-0.2, 0) is 0 Å². The van der Waals surface area contributed by atoms with Gasteiger partial charge in [-0.05, 0) is 98.1 Å². The van der Waals surface area contributed by atoms with E-state index in [1.807, 2.05) is 48.5 Å². The zero-order chi connectivity index (χ0) is 40.5. The van der Waals surface area contributed by atoms with Crippen LogP contribution in [0.1, 0.15) is 0 Å². The lowest BCUT2D eigenvalue weighted by molar-refractivity contribution is 0.669. The summed E-state index contributed by atoms with van der Waals surface area (Å²) in [4.78, 5) is 15.3. The Bertz CT molecular complexity index is 3320. The lowest BCUT2D eigenvalue weighted by Crippen LogP contribution is -2.00. The van der Waals surface area contributed by atoms with Crippen LogP contribution in [0.25, 0.3) is 112 Å². The van der Waals surface area contributed by atoms with Crippen molar-refractivity contribution >= 4 is 21.9 Å². The van der Waals surface area contributed by atoms with Gasteiger partial charge in [0.2, 0.25) is 0 Å². The Kier molecular flexibility index (Phi) is 9.14. The van der Waals surface area contributed by atoms with Crippen LogP contribution in [0.5, 0.6) is 0 Å². The van der Waals surface area contributed by atoms with Crippen LogP contribution in [0.15, 0.2) is 229 Å². The number of rotatable bonds is 8. The number of aromatic nitrogens is 3. The van der Waals surface area contributed by atoms with Gasteiger partial charge in [0, 0.05) is 27.5 Å². The highest BCUT2D eigenvalue weighted by Gasteiger charge is 2.19. The SMILES string of the molecule is c1ccc(-c2ccc(-c3nc(-c4ccccc4)nc(-c4cccc5oc6ccc(-c7cc(-c8ccccc8)cc(-c8cccc(-c9ccccc9)c8)c7)cc6c45)n3)cc2)cc1. The third-order valence-corrected chi connectivity index (χ3v) is 11.3. The van der Waals surface area contributed by atoms with Gasteiger partial charge >= 0.3 is 0 Å². The summed E-state index contributed by atoms with van der Waals surface area (Å²) in [5.41, 5.74) is 15.8. The van der Waals surface area contributed by atoms with Crippen LogP contribution in [0.4, 0.5) is 0 Å². The molecule has 11 rings (SSSR count). The molecule has 0 aliphatic rings. The van der Waals surface area contributed by atoms with Gasteiger partial charge in [0.05, 0.1) is 0 Å². The molecular formula is C57H37N3O. The zero-order valence-electron chi connectivity index (χ0n) is 33.1. The molecule has 4 heteroatoms. The van der Waals surface area contributed by atoms with Gasteiger partial charge in [-0.1, -0.05) is 182 Å². The van der Waals surface area contributed by atoms with E-state index in [0.717, 1.165) is 83.1 Å². The summed E-state index contributed by atoms with van der Waals surface area (Å²) < 4.78 is 6.56.